The molecule has 10 heteroatoms. The van der Waals surface area contributed by atoms with Crippen molar-refractivity contribution in [1.29, 1.82) is 0 Å². The average Bonchev–Trinajstić information content (AvgIpc) is 2.77. The maximum absolute atomic E-state index is 11.3. The van der Waals surface area contributed by atoms with E-state index in [1.54, 1.807) is 6.07 Å². The fourth-order valence-electron chi connectivity index (χ4n) is 1.51. The van der Waals surface area contributed by atoms with Crippen LogP contribution in [-0.2, 0) is 7.05 Å². The van der Waals surface area contributed by atoms with Crippen molar-refractivity contribution >= 4 is 23.3 Å². The van der Waals surface area contributed by atoms with Crippen LogP contribution in [0.3, 0.4) is 0 Å². The van der Waals surface area contributed by atoms with Crippen molar-refractivity contribution in [2.75, 3.05) is 11.9 Å². The molecule has 0 unspecified atom stereocenters. The zero-order valence-corrected chi connectivity index (χ0v) is 12.3. The van der Waals surface area contributed by atoms with Gasteiger partial charge in [0, 0.05) is 19.7 Å². The highest BCUT2D eigenvalue weighted by Gasteiger charge is 2.19. The van der Waals surface area contributed by atoms with Crippen molar-refractivity contribution < 1.29 is 4.92 Å². The predicted octanol–water partition coefficient (Wildman–Crippen LogP) is 1.38. The number of aromatic nitrogens is 4. The van der Waals surface area contributed by atoms with E-state index in [0.29, 0.717) is 11.0 Å². The SMILES string of the molecule is CCCNc1ccc([N+](=O)[O-])c(Sc2n[nH]c(=O)n2C)n1. The van der Waals surface area contributed by atoms with Crippen LogP contribution < -0.4 is 11.0 Å². The maximum atomic E-state index is 11.3. The topological polar surface area (TPSA) is 119 Å². The van der Waals surface area contributed by atoms with E-state index >= 15 is 0 Å². The number of H-pyrrole nitrogens is 1. The molecule has 0 atom stereocenters. The molecule has 0 radical (unpaired) electrons. The summed E-state index contributed by atoms with van der Waals surface area (Å²) in [7, 11) is 1.53. The van der Waals surface area contributed by atoms with Crippen molar-refractivity contribution in [3.63, 3.8) is 0 Å². The minimum Gasteiger partial charge on any atom is -0.370 e. The highest BCUT2D eigenvalue weighted by molar-refractivity contribution is 7.99. The fourth-order valence-corrected chi connectivity index (χ4v) is 2.38. The first-order chi connectivity index (χ1) is 10.0. The molecule has 21 heavy (non-hydrogen) atoms. The number of pyridine rings is 1. The first kappa shape index (κ1) is 15.0. The molecule has 2 heterocycles. The Labute approximate surface area is 123 Å². The molecule has 0 aromatic carbocycles. The Bertz CT molecular complexity index is 710. The molecule has 9 nitrogen and oxygen atoms in total. The summed E-state index contributed by atoms with van der Waals surface area (Å²) in [6, 6.07) is 2.94. The Morgan fingerprint density at radius 3 is 2.86 bits per heavy atom. The number of hydrogen-bond donors (Lipinski definition) is 2. The van der Waals surface area contributed by atoms with Crippen LogP contribution in [0.5, 0.6) is 0 Å². The van der Waals surface area contributed by atoms with E-state index in [2.05, 4.69) is 20.5 Å². The van der Waals surface area contributed by atoms with Gasteiger partial charge in [-0.25, -0.2) is 14.9 Å². The Balaban J connectivity index is 2.36. The van der Waals surface area contributed by atoms with E-state index in [1.165, 1.54) is 17.7 Å². The number of nitrogens with zero attached hydrogens (tertiary/aromatic N) is 4. The van der Waals surface area contributed by atoms with Crippen LogP contribution in [0.25, 0.3) is 0 Å². The van der Waals surface area contributed by atoms with Crippen LogP contribution in [-0.4, -0.2) is 31.2 Å². The summed E-state index contributed by atoms with van der Waals surface area (Å²) < 4.78 is 1.27. The molecule has 2 N–H and O–H groups in total. The van der Waals surface area contributed by atoms with Crippen LogP contribution in [0, 0.1) is 10.1 Å². The molecule has 0 spiro atoms. The summed E-state index contributed by atoms with van der Waals surface area (Å²) in [6.45, 7) is 2.73. The van der Waals surface area contributed by atoms with E-state index in [4.69, 9.17) is 0 Å². The molecular formula is C11H14N6O3S. The molecule has 0 aliphatic heterocycles. The van der Waals surface area contributed by atoms with Crippen LogP contribution in [0.15, 0.2) is 27.1 Å². The van der Waals surface area contributed by atoms with E-state index < -0.39 is 4.92 Å². The Morgan fingerprint density at radius 1 is 1.52 bits per heavy atom. The molecule has 0 fully saturated rings. The minimum atomic E-state index is -0.510. The second-order valence-corrected chi connectivity index (χ2v) is 5.13. The third kappa shape index (κ3) is 3.40. The van der Waals surface area contributed by atoms with Crippen molar-refractivity contribution in [3.05, 3.63) is 32.7 Å². The quantitative estimate of drug-likeness (QED) is 0.611. The number of anilines is 1. The van der Waals surface area contributed by atoms with Gasteiger partial charge in [-0.15, -0.1) is 5.10 Å². The average molecular weight is 310 g/mol. The normalized spacial score (nSPS) is 10.6. The monoisotopic (exact) mass is 310 g/mol. The van der Waals surface area contributed by atoms with Crippen LogP contribution in [0.2, 0.25) is 0 Å². The smallest absolute Gasteiger partial charge is 0.343 e. The summed E-state index contributed by atoms with van der Waals surface area (Å²) in [5.74, 6) is 0.547. The first-order valence-corrected chi connectivity index (χ1v) is 7.03. The van der Waals surface area contributed by atoms with Crippen molar-refractivity contribution in [2.24, 2.45) is 7.05 Å². The standard InChI is InChI=1S/C11H14N6O3S/c1-3-6-12-8-5-4-7(17(19)20)9(13-8)21-11-15-14-10(18)16(11)2/h4-5H,3,6H2,1-2H3,(H,12,13)(H,14,18). The molecule has 0 saturated carbocycles. The lowest BCUT2D eigenvalue weighted by atomic mass is 10.4. The Kier molecular flexibility index (Phi) is 4.58. The molecule has 2 aromatic heterocycles. The van der Waals surface area contributed by atoms with Crippen molar-refractivity contribution in [1.82, 2.24) is 19.7 Å². The van der Waals surface area contributed by atoms with E-state index in [1.807, 2.05) is 6.92 Å². The van der Waals surface area contributed by atoms with Crippen molar-refractivity contribution in [3.8, 4) is 0 Å². The van der Waals surface area contributed by atoms with Gasteiger partial charge in [-0.3, -0.25) is 14.7 Å². The molecule has 2 rings (SSSR count). The summed E-state index contributed by atoms with van der Waals surface area (Å²) in [5.41, 5.74) is -0.516. The molecule has 0 aliphatic rings. The lowest BCUT2D eigenvalue weighted by molar-refractivity contribution is -0.388. The summed E-state index contributed by atoms with van der Waals surface area (Å²) in [6.07, 6.45) is 0.912. The van der Waals surface area contributed by atoms with Gasteiger partial charge < -0.3 is 5.32 Å². The first-order valence-electron chi connectivity index (χ1n) is 6.21. The summed E-state index contributed by atoms with van der Waals surface area (Å²) in [4.78, 5) is 26.1. The molecule has 2 aromatic rings. The largest absolute Gasteiger partial charge is 0.370 e. The minimum absolute atomic E-state index is 0.127. The number of nitro groups is 1. The van der Waals surface area contributed by atoms with E-state index in [0.717, 1.165) is 24.7 Å². The third-order valence-corrected chi connectivity index (χ3v) is 3.66. The summed E-state index contributed by atoms with van der Waals surface area (Å²) in [5, 5.41) is 20.7. The maximum Gasteiger partial charge on any atom is 0.343 e. The number of hydrogen-bond acceptors (Lipinski definition) is 7. The highest BCUT2D eigenvalue weighted by atomic mass is 32.2. The fraction of sp³-hybridized carbons (Fsp3) is 0.364. The zero-order chi connectivity index (χ0) is 15.4. The molecule has 0 amide bonds. The highest BCUT2D eigenvalue weighted by Crippen LogP contribution is 2.32. The lowest BCUT2D eigenvalue weighted by Gasteiger charge is -2.06. The van der Waals surface area contributed by atoms with Gasteiger partial charge in [0.05, 0.1) is 4.92 Å². The Hall–Kier alpha value is -2.36. The van der Waals surface area contributed by atoms with E-state index in [9.17, 15) is 14.9 Å². The number of nitrogens with one attached hydrogen (secondary N) is 2. The Morgan fingerprint density at radius 2 is 2.29 bits per heavy atom. The number of rotatable bonds is 6. The van der Waals surface area contributed by atoms with Gasteiger partial charge in [-0.2, -0.15) is 0 Å². The lowest BCUT2D eigenvalue weighted by Crippen LogP contribution is -2.13. The predicted molar refractivity (Wildman–Crippen MR) is 77.6 cm³/mol. The van der Waals surface area contributed by atoms with Gasteiger partial charge in [0.1, 0.15) is 5.82 Å². The molecule has 0 bridgehead atoms. The van der Waals surface area contributed by atoms with Gasteiger partial charge in [-0.1, -0.05) is 6.92 Å². The van der Waals surface area contributed by atoms with Crippen LogP contribution >= 0.6 is 11.8 Å². The zero-order valence-electron chi connectivity index (χ0n) is 11.5. The summed E-state index contributed by atoms with van der Waals surface area (Å²) >= 11 is 0.965. The molecule has 112 valence electrons. The molecule has 0 saturated heterocycles. The molecular weight excluding hydrogens is 296 g/mol. The van der Waals surface area contributed by atoms with Gasteiger partial charge in [0.15, 0.2) is 10.2 Å². The van der Waals surface area contributed by atoms with E-state index in [-0.39, 0.29) is 16.4 Å². The molecule has 0 aliphatic carbocycles. The van der Waals surface area contributed by atoms with Gasteiger partial charge in [-0.05, 0) is 24.2 Å². The van der Waals surface area contributed by atoms with Crippen LogP contribution in [0.4, 0.5) is 11.5 Å². The van der Waals surface area contributed by atoms with Crippen LogP contribution in [0.1, 0.15) is 13.3 Å². The second-order valence-electron chi connectivity index (χ2n) is 4.18. The van der Waals surface area contributed by atoms with Gasteiger partial charge >= 0.3 is 11.4 Å². The van der Waals surface area contributed by atoms with Crippen molar-refractivity contribution in [2.45, 2.75) is 23.5 Å². The van der Waals surface area contributed by atoms with Gasteiger partial charge in [0.2, 0.25) is 0 Å². The third-order valence-electron chi connectivity index (χ3n) is 2.62. The van der Waals surface area contributed by atoms with Gasteiger partial charge in [0.25, 0.3) is 0 Å². The number of aromatic amines is 1. The second kappa shape index (κ2) is 6.39.